The first-order chi connectivity index (χ1) is 10.4. The number of benzene rings is 1. The van der Waals surface area contributed by atoms with Crippen LogP contribution < -0.4 is 15.4 Å². The van der Waals surface area contributed by atoms with E-state index < -0.39 is 18.0 Å². The Morgan fingerprint density at radius 2 is 2.09 bits per heavy atom. The lowest BCUT2D eigenvalue weighted by atomic mass is 10.1. The number of aliphatic carboxylic acids is 1. The maximum absolute atomic E-state index is 11.7. The van der Waals surface area contributed by atoms with Crippen molar-refractivity contribution in [3.63, 3.8) is 0 Å². The molecule has 3 N–H and O–H groups in total. The Hall–Kier alpha value is -1.89. The third kappa shape index (κ3) is 6.26. The minimum Gasteiger partial charge on any atom is -0.480 e. The molecule has 0 spiro atoms. The fourth-order valence-electron chi connectivity index (χ4n) is 1.84. The second-order valence-corrected chi connectivity index (χ2v) is 5.87. The van der Waals surface area contributed by atoms with Crippen molar-refractivity contribution in [1.82, 2.24) is 10.6 Å². The van der Waals surface area contributed by atoms with Gasteiger partial charge in [0.25, 0.3) is 0 Å². The van der Waals surface area contributed by atoms with Crippen LogP contribution in [0.2, 0.25) is 0 Å². The highest BCUT2D eigenvalue weighted by Crippen LogP contribution is 2.18. The van der Waals surface area contributed by atoms with E-state index in [0.717, 1.165) is 11.1 Å². The predicted octanol–water partition coefficient (Wildman–Crippen LogP) is 2.15. The van der Waals surface area contributed by atoms with Crippen LogP contribution in [0.1, 0.15) is 17.5 Å². The highest BCUT2D eigenvalue weighted by molar-refractivity contribution is 7.98. The number of carbonyl (C=O) groups is 2. The van der Waals surface area contributed by atoms with E-state index in [1.165, 1.54) is 11.8 Å². The minimum absolute atomic E-state index is 0.0232. The van der Waals surface area contributed by atoms with E-state index in [-0.39, 0.29) is 6.73 Å². The summed E-state index contributed by atoms with van der Waals surface area (Å²) in [6, 6.07) is 4.29. The molecule has 7 heteroatoms. The normalized spacial score (nSPS) is 11.6. The first-order valence-electron chi connectivity index (χ1n) is 6.90. The van der Waals surface area contributed by atoms with Crippen molar-refractivity contribution in [3.05, 3.63) is 29.3 Å². The van der Waals surface area contributed by atoms with E-state index >= 15 is 0 Å². The van der Waals surface area contributed by atoms with E-state index in [0.29, 0.717) is 17.9 Å². The minimum atomic E-state index is -1.04. The largest absolute Gasteiger partial charge is 0.480 e. The fraction of sp³-hybridized carbons (Fsp3) is 0.467. The Balaban J connectivity index is 2.40. The molecule has 122 valence electrons. The maximum atomic E-state index is 11.7. The molecule has 0 heterocycles. The molecule has 1 aromatic rings. The van der Waals surface area contributed by atoms with E-state index in [1.807, 2.05) is 38.3 Å². The van der Waals surface area contributed by atoms with Crippen LogP contribution in [0.15, 0.2) is 18.2 Å². The summed E-state index contributed by atoms with van der Waals surface area (Å²) in [5, 5.41) is 13.9. The number of rotatable bonds is 8. The van der Waals surface area contributed by atoms with Crippen LogP contribution >= 0.6 is 11.8 Å². The molecule has 1 unspecified atom stereocenters. The van der Waals surface area contributed by atoms with Gasteiger partial charge in [-0.2, -0.15) is 11.8 Å². The van der Waals surface area contributed by atoms with Gasteiger partial charge in [-0.3, -0.25) is 0 Å². The van der Waals surface area contributed by atoms with Crippen LogP contribution in [0.4, 0.5) is 4.79 Å². The molecule has 1 atom stereocenters. The summed E-state index contributed by atoms with van der Waals surface area (Å²) in [6.45, 7) is 3.89. The topological polar surface area (TPSA) is 87.7 Å². The summed E-state index contributed by atoms with van der Waals surface area (Å²) in [5.74, 6) is 0.304. The van der Waals surface area contributed by atoms with Gasteiger partial charge in [-0.25, -0.2) is 9.59 Å². The number of nitrogens with one attached hydrogen (secondary N) is 2. The van der Waals surface area contributed by atoms with E-state index in [4.69, 9.17) is 9.84 Å². The van der Waals surface area contributed by atoms with Gasteiger partial charge in [0.05, 0.1) is 0 Å². The fourth-order valence-corrected chi connectivity index (χ4v) is 2.31. The number of hydrogen-bond acceptors (Lipinski definition) is 4. The lowest BCUT2D eigenvalue weighted by molar-refractivity contribution is -0.139. The number of ether oxygens (including phenoxy) is 1. The number of thioether (sulfide) groups is 1. The van der Waals surface area contributed by atoms with Crippen LogP contribution in [0, 0.1) is 13.8 Å². The van der Waals surface area contributed by atoms with Crippen molar-refractivity contribution in [2.24, 2.45) is 0 Å². The number of amides is 2. The Kier molecular flexibility index (Phi) is 7.59. The first kappa shape index (κ1) is 18.2. The predicted molar refractivity (Wildman–Crippen MR) is 87.5 cm³/mol. The Morgan fingerprint density at radius 3 is 2.68 bits per heavy atom. The molecule has 0 saturated heterocycles. The van der Waals surface area contributed by atoms with Crippen LogP contribution in [0.5, 0.6) is 5.75 Å². The molecule has 0 bridgehead atoms. The van der Waals surface area contributed by atoms with E-state index in [9.17, 15) is 9.59 Å². The van der Waals surface area contributed by atoms with Crippen LogP contribution in [-0.4, -0.2) is 41.9 Å². The molecule has 0 saturated carbocycles. The standard InChI is InChI=1S/C15H22N2O4S/c1-10-4-5-13(11(2)8-10)21-9-16-15(20)17-12(14(18)19)6-7-22-3/h4-5,8,12H,6-7,9H2,1-3H3,(H,18,19)(H2,16,17,20). The van der Waals surface area contributed by atoms with Gasteiger partial charge in [0, 0.05) is 0 Å². The summed E-state index contributed by atoms with van der Waals surface area (Å²) in [5.41, 5.74) is 2.11. The number of aryl methyl sites for hydroxylation is 2. The molecule has 22 heavy (non-hydrogen) atoms. The monoisotopic (exact) mass is 326 g/mol. The van der Waals surface area contributed by atoms with Gasteiger partial charge >= 0.3 is 12.0 Å². The lowest BCUT2D eigenvalue weighted by Crippen LogP contribution is -2.47. The number of carboxylic acids is 1. The number of carboxylic acid groups (broad SMARTS) is 1. The second-order valence-electron chi connectivity index (χ2n) is 4.88. The average Bonchev–Trinajstić information content (AvgIpc) is 2.45. The molecule has 0 radical (unpaired) electrons. The van der Waals surface area contributed by atoms with Crippen molar-refractivity contribution in [2.75, 3.05) is 18.7 Å². The molecule has 0 aliphatic heterocycles. The van der Waals surface area contributed by atoms with Gasteiger partial charge in [0.1, 0.15) is 11.8 Å². The highest BCUT2D eigenvalue weighted by Gasteiger charge is 2.19. The first-order valence-corrected chi connectivity index (χ1v) is 8.29. The molecule has 0 aliphatic rings. The molecule has 0 aromatic heterocycles. The number of hydrogen-bond donors (Lipinski definition) is 3. The maximum Gasteiger partial charge on any atom is 0.326 e. The molecule has 2 amide bonds. The van der Waals surface area contributed by atoms with Crippen LogP contribution in [0.3, 0.4) is 0 Å². The quantitative estimate of drug-likeness (QED) is 0.637. The third-order valence-corrected chi connectivity index (χ3v) is 3.65. The summed E-state index contributed by atoms with van der Waals surface area (Å²) in [4.78, 5) is 22.7. The average molecular weight is 326 g/mol. The highest BCUT2D eigenvalue weighted by atomic mass is 32.2. The van der Waals surface area contributed by atoms with Gasteiger partial charge in [-0.05, 0) is 43.9 Å². The molecule has 6 nitrogen and oxygen atoms in total. The number of carbonyl (C=O) groups excluding carboxylic acids is 1. The zero-order valence-corrected chi connectivity index (χ0v) is 13.8. The summed E-state index contributed by atoms with van der Waals surface area (Å²) >= 11 is 1.53. The van der Waals surface area contributed by atoms with Crippen molar-refractivity contribution in [1.29, 1.82) is 0 Å². The smallest absolute Gasteiger partial charge is 0.326 e. The van der Waals surface area contributed by atoms with Crippen molar-refractivity contribution in [2.45, 2.75) is 26.3 Å². The SMILES string of the molecule is CSCCC(NC(=O)NCOc1ccc(C)cc1C)C(=O)O. The molecule has 0 fully saturated rings. The molecule has 1 rings (SSSR count). The number of urea groups is 1. The zero-order chi connectivity index (χ0) is 16.5. The Labute approximate surface area is 134 Å². The molecule has 0 aliphatic carbocycles. The molecular weight excluding hydrogens is 304 g/mol. The van der Waals surface area contributed by atoms with Gasteiger partial charge in [0.2, 0.25) is 0 Å². The van der Waals surface area contributed by atoms with Gasteiger partial charge in [-0.15, -0.1) is 0 Å². The Bertz CT molecular complexity index is 522. The van der Waals surface area contributed by atoms with Crippen LogP contribution in [-0.2, 0) is 4.79 Å². The molecular formula is C15H22N2O4S. The van der Waals surface area contributed by atoms with Crippen molar-refractivity contribution >= 4 is 23.8 Å². The van der Waals surface area contributed by atoms with Gasteiger partial charge in [0.15, 0.2) is 6.73 Å². The summed E-state index contributed by atoms with van der Waals surface area (Å²) in [7, 11) is 0. The van der Waals surface area contributed by atoms with Crippen molar-refractivity contribution in [3.8, 4) is 5.75 Å². The molecule has 1 aromatic carbocycles. The van der Waals surface area contributed by atoms with Crippen molar-refractivity contribution < 1.29 is 19.4 Å². The van der Waals surface area contributed by atoms with E-state index in [1.54, 1.807) is 0 Å². The lowest BCUT2D eigenvalue weighted by Gasteiger charge is -2.15. The zero-order valence-electron chi connectivity index (χ0n) is 13.0. The summed E-state index contributed by atoms with van der Waals surface area (Å²) < 4.78 is 5.46. The Morgan fingerprint density at radius 1 is 1.36 bits per heavy atom. The third-order valence-electron chi connectivity index (χ3n) is 3.00. The van der Waals surface area contributed by atoms with E-state index in [2.05, 4.69) is 10.6 Å². The second kappa shape index (κ2) is 9.19. The summed E-state index contributed by atoms with van der Waals surface area (Å²) in [6.07, 6.45) is 2.26. The van der Waals surface area contributed by atoms with Crippen LogP contribution in [0.25, 0.3) is 0 Å². The van der Waals surface area contributed by atoms with Gasteiger partial charge in [-0.1, -0.05) is 17.7 Å². The van der Waals surface area contributed by atoms with Gasteiger partial charge < -0.3 is 20.5 Å².